The summed E-state index contributed by atoms with van der Waals surface area (Å²) in [5, 5.41) is 0. The van der Waals surface area contributed by atoms with E-state index >= 15 is 0 Å². The molecule has 4 aliphatic heterocycles. The van der Waals surface area contributed by atoms with Crippen molar-refractivity contribution in [1.82, 2.24) is 14.4 Å². The molecule has 4 fully saturated rings. The number of amides is 1. The van der Waals surface area contributed by atoms with Crippen molar-refractivity contribution < 1.29 is 13.6 Å². The van der Waals surface area contributed by atoms with Crippen LogP contribution in [-0.4, -0.2) is 52.0 Å². The van der Waals surface area contributed by atoms with Gasteiger partial charge in [0.1, 0.15) is 5.69 Å². The summed E-state index contributed by atoms with van der Waals surface area (Å²) in [6.07, 6.45) is 3.99. The smallest absolute Gasteiger partial charge is 0.270 e. The second-order valence-electron chi connectivity index (χ2n) is 8.07. The fourth-order valence-corrected chi connectivity index (χ4v) is 5.56. The van der Waals surface area contributed by atoms with Crippen LogP contribution >= 0.6 is 0 Å². The van der Waals surface area contributed by atoms with Crippen molar-refractivity contribution in [2.45, 2.75) is 30.8 Å². The Balaban J connectivity index is 1.57. The molecule has 0 unspecified atom stereocenters. The largest absolute Gasteiger partial charge is 0.347 e. The Labute approximate surface area is 157 Å². The van der Waals surface area contributed by atoms with Crippen LogP contribution in [0.2, 0.25) is 0 Å². The molecule has 2 aromatic rings. The Morgan fingerprint density at radius 2 is 1.85 bits per heavy atom. The first-order valence-electron chi connectivity index (χ1n) is 9.66. The highest BCUT2D eigenvalue weighted by Crippen LogP contribution is 2.47. The number of aromatic nitrogens is 1. The number of rotatable bonds is 2. The maximum atomic E-state index is 14.6. The Bertz CT molecular complexity index is 887. The summed E-state index contributed by atoms with van der Waals surface area (Å²) in [6.45, 7) is 2.39. The van der Waals surface area contributed by atoms with Gasteiger partial charge in [0, 0.05) is 31.7 Å². The predicted octanol–water partition coefficient (Wildman–Crippen LogP) is 3.01. The molecular weight excluding hydrogens is 348 g/mol. The molecule has 0 spiro atoms. The van der Waals surface area contributed by atoms with E-state index in [1.54, 1.807) is 12.1 Å². The third-order valence-electron chi connectivity index (χ3n) is 6.80. The summed E-state index contributed by atoms with van der Waals surface area (Å²) in [7, 11) is 1.86. The van der Waals surface area contributed by atoms with Crippen LogP contribution in [-0.2, 0) is 7.05 Å². The van der Waals surface area contributed by atoms with Gasteiger partial charge in [0.2, 0.25) is 0 Å². The van der Waals surface area contributed by atoms with Gasteiger partial charge >= 0.3 is 0 Å². The van der Waals surface area contributed by atoms with Gasteiger partial charge in [0.15, 0.2) is 11.6 Å². The normalized spacial score (nSPS) is 32.0. The van der Waals surface area contributed by atoms with E-state index in [-0.39, 0.29) is 23.9 Å². The molecule has 3 atom stereocenters. The second kappa shape index (κ2) is 6.16. The highest BCUT2D eigenvalue weighted by atomic mass is 19.2. The zero-order valence-corrected chi connectivity index (χ0v) is 15.3. The first-order chi connectivity index (χ1) is 13.1. The van der Waals surface area contributed by atoms with Gasteiger partial charge in [0.25, 0.3) is 5.91 Å². The zero-order chi connectivity index (χ0) is 18.7. The number of halogens is 2. The molecule has 142 valence electrons. The SMILES string of the molecule is Cn1cccc1C(=O)N1C[C@H](c2cccc(F)c2F)[C@@H]2[C@H]1C1CCN2CC1. The van der Waals surface area contributed by atoms with Gasteiger partial charge in [-0.3, -0.25) is 9.69 Å². The lowest BCUT2D eigenvalue weighted by molar-refractivity contribution is -0.00386. The molecule has 5 heterocycles. The predicted molar refractivity (Wildman–Crippen MR) is 97.4 cm³/mol. The average molecular weight is 371 g/mol. The summed E-state index contributed by atoms with van der Waals surface area (Å²) < 4.78 is 30.4. The summed E-state index contributed by atoms with van der Waals surface area (Å²) in [5.74, 6) is -1.35. The average Bonchev–Trinajstić information content (AvgIpc) is 3.30. The summed E-state index contributed by atoms with van der Waals surface area (Å²) in [6, 6.07) is 8.24. The number of hydrogen-bond donors (Lipinski definition) is 0. The minimum Gasteiger partial charge on any atom is -0.347 e. The van der Waals surface area contributed by atoms with Crippen LogP contribution in [0.15, 0.2) is 36.5 Å². The molecule has 0 aliphatic carbocycles. The third-order valence-corrected chi connectivity index (χ3v) is 6.80. The first-order valence-corrected chi connectivity index (χ1v) is 9.66. The van der Waals surface area contributed by atoms with Crippen LogP contribution in [0.4, 0.5) is 8.78 Å². The molecule has 1 amide bonds. The van der Waals surface area contributed by atoms with Gasteiger partial charge in [-0.2, -0.15) is 0 Å². The molecule has 6 heteroatoms. The summed E-state index contributed by atoms with van der Waals surface area (Å²) in [5.41, 5.74) is 1.05. The molecule has 1 aromatic heterocycles. The lowest BCUT2D eigenvalue weighted by atomic mass is 9.75. The van der Waals surface area contributed by atoms with Gasteiger partial charge in [-0.05, 0) is 55.6 Å². The number of carbonyl (C=O) groups excluding carboxylic acids is 1. The minimum absolute atomic E-state index is 0.00874. The molecule has 27 heavy (non-hydrogen) atoms. The quantitative estimate of drug-likeness (QED) is 0.812. The molecule has 4 aliphatic rings. The standard InChI is InChI=1S/C21H23F2N3O/c1-24-9-3-6-17(24)21(27)26-12-15(14-4-2-5-16(22)18(14)23)20-19(26)13-7-10-25(20)11-8-13/h2-6,9,13,15,19-20H,7-8,10-12H2,1H3/t15-,19-,20-/m1/s1. The maximum absolute atomic E-state index is 14.6. The molecule has 6 rings (SSSR count). The lowest BCUT2D eigenvalue weighted by Gasteiger charge is -2.51. The van der Waals surface area contributed by atoms with Crippen LogP contribution in [0.3, 0.4) is 0 Å². The van der Waals surface area contributed by atoms with Gasteiger partial charge in [-0.1, -0.05) is 12.1 Å². The number of nitrogens with zero attached hydrogens (tertiary/aromatic N) is 3. The highest BCUT2D eigenvalue weighted by molar-refractivity contribution is 5.93. The van der Waals surface area contributed by atoms with E-state index in [2.05, 4.69) is 4.90 Å². The van der Waals surface area contributed by atoms with Crippen molar-refractivity contribution in [3.8, 4) is 0 Å². The van der Waals surface area contributed by atoms with E-state index in [9.17, 15) is 13.6 Å². The van der Waals surface area contributed by atoms with Crippen LogP contribution in [0.25, 0.3) is 0 Å². The van der Waals surface area contributed by atoms with Crippen molar-refractivity contribution in [1.29, 1.82) is 0 Å². The molecule has 1 aromatic carbocycles. The van der Waals surface area contributed by atoms with Crippen molar-refractivity contribution in [3.63, 3.8) is 0 Å². The molecule has 2 bridgehead atoms. The van der Waals surface area contributed by atoms with Crippen molar-refractivity contribution >= 4 is 5.91 Å². The summed E-state index contributed by atoms with van der Waals surface area (Å²) in [4.78, 5) is 17.6. The minimum atomic E-state index is -0.813. The highest BCUT2D eigenvalue weighted by Gasteiger charge is 2.55. The topological polar surface area (TPSA) is 28.5 Å². The van der Waals surface area contributed by atoms with Crippen LogP contribution in [0.5, 0.6) is 0 Å². The van der Waals surface area contributed by atoms with Crippen molar-refractivity contribution in [2.24, 2.45) is 13.0 Å². The van der Waals surface area contributed by atoms with Gasteiger partial charge in [-0.15, -0.1) is 0 Å². The summed E-state index contributed by atoms with van der Waals surface area (Å²) >= 11 is 0. The number of piperidine rings is 3. The Morgan fingerprint density at radius 3 is 2.56 bits per heavy atom. The van der Waals surface area contributed by atoms with Gasteiger partial charge in [0.05, 0.1) is 6.04 Å². The molecule has 0 N–H and O–H groups in total. The van der Waals surface area contributed by atoms with E-state index in [1.165, 1.54) is 0 Å². The van der Waals surface area contributed by atoms with Crippen LogP contribution in [0, 0.1) is 17.6 Å². The second-order valence-corrected chi connectivity index (χ2v) is 8.07. The number of likely N-dealkylation sites (tertiary alicyclic amines) is 1. The Hall–Kier alpha value is -2.21. The third kappa shape index (κ3) is 2.46. The van der Waals surface area contributed by atoms with E-state index in [0.29, 0.717) is 23.7 Å². The van der Waals surface area contributed by atoms with E-state index < -0.39 is 11.6 Å². The monoisotopic (exact) mass is 371 g/mol. The van der Waals surface area contributed by atoms with Crippen molar-refractivity contribution in [3.05, 3.63) is 59.4 Å². The maximum Gasteiger partial charge on any atom is 0.270 e. The van der Waals surface area contributed by atoms with E-state index in [4.69, 9.17) is 0 Å². The molecular formula is C21H23F2N3O. The number of benzene rings is 1. The lowest BCUT2D eigenvalue weighted by Crippen LogP contribution is -2.60. The fraction of sp³-hybridized carbons (Fsp3) is 0.476. The van der Waals surface area contributed by atoms with Gasteiger partial charge < -0.3 is 9.47 Å². The van der Waals surface area contributed by atoms with Crippen molar-refractivity contribution in [2.75, 3.05) is 19.6 Å². The molecule has 0 radical (unpaired) electrons. The van der Waals surface area contributed by atoms with Gasteiger partial charge in [-0.25, -0.2) is 8.78 Å². The number of hydrogen-bond acceptors (Lipinski definition) is 2. The van der Waals surface area contributed by atoms with E-state index in [0.717, 1.165) is 32.0 Å². The van der Waals surface area contributed by atoms with Crippen LogP contribution in [0.1, 0.15) is 34.8 Å². The number of carbonyl (C=O) groups is 1. The Morgan fingerprint density at radius 1 is 1.07 bits per heavy atom. The molecule has 4 saturated heterocycles. The molecule has 0 saturated carbocycles. The number of aryl methyl sites for hydroxylation is 1. The number of fused-ring (bicyclic) bond motifs is 2. The zero-order valence-electron chi connectivity index (χ0n) is 15.3. The van der Waals surface area contributed by atoms with Crippen LogP contribution < -0.4 is 0 Å². The molecule has 4 nitrogen and oxygen atoms in total. The Kier molecular flexibility index (Phi) is 3.86. The fourth-order valence-electron chi connectivity index (χ4n) is 5.56. The first kappa shape index (κ1) is 16.9. The van der Waals surface area contributed by atoms with E-state index in [1.807, 2.05) is 34.8 Å².